The molecular formula is C44H58IrNO2SSi-. The molecular weight excluding hydrogens is 827 g/mol. The Bertz CT molecular complexity index is 1970. The maximum Gasteiger partial charge on any atom is 0.162 e. The summed E-state index contributed by atoms with van der Waals surface area (Å²) >= 11 is 1.92. The van der Waals surface area contributed by atoms with Gasteiger partial charge in [-0.05, 0) is 80.0 Å². The largest absolute Gasteiger partial charge is 0.512 e. The van der Waals surface area contributed by atoms with Crippen LogP contribution >= 0.6 is 11.3 Å². The zero-order valence-corrected chi connectivity index (χ0v) is 36.6. The van der Waals surface area contributed by atoms with E-state index in [1.165, 1.54) is 53.5 Å². The molecule has 0 aliphatic carbocycles. The molecule has 1 N–H and O–H groups in total. The van der Waals surface area contributed by atoms with Crippen molar-refractivity contribution in [2.75, 3.05) is 0 Å². The number of carbonyl (C=O) groups excluding carboxylic acids is 1. The molecule has 2 aromatic heterocycles. The van der Waals surface area contributed by atoms with Gasteiger partial charge in [0.2, 0.25) is 0 Å². The maximum atomic E-state index is 11.7. The van der Waals surface area contributed by atoms with E-state index in [0.29, 0.717) is 0 Å². The number of hydrogen-bond donors (Lipinski definition) is 1. The Morgan fingerprint density at radius 1 is 0.920 bits per heavy atom. The van der Waals surface area contributed by atoms with Gasteiger partial charge < -0.3 is 5.11 Å². The molecule has 3 aromatic carbocycles. The van der Waals surface area contributed by atoms with Gasteiger partial charge in [0.25, 0.3) is 0 Å². The van der Waals surface area contributed by atoms with E-state index < -0.39 is 8.07 Å². The summed E-state index contributed by atoms with van der Waals surface area (Å²) in [4.78, 5) is 18.5. The van der Waals surface area contributed by atoms with Crippen LogP contribution in [0.2, 0.25) is 19.6 Å². The van der Waals surface area contributed by atoms with Gasteiger partial charge in [-0.15, -0.1) is 40.1 Å². The standard InChI is InChI=1S/C31H34NSSi.C13H24O2.Ir/c1-19-13-20(2)28-25-17-23(18-31(3,4)5)33-30(25)29(32-26(28)14-19)22-15-21-11-9-10-12-24(21)27(16-22)34(6,7)8;1-5-10(6-2)12(14)9-13(15)11(7-3)8-4;/h9-14,16-17H,18H2,1-8H3;9-11,14H,5-8H2,1-4H3;/q-1;;/b;12-9-;. The Balaban J connectivity index is 0.000000361. The van der Waals surface area contributed by atoms with Crippen molar-refractivity contribution in [3.63, 3.8) is 0 Å². The molecule has 0 bridgehead atoms. The van der Waals surface area contributed by atoms with Crippen molar-refractivity contribution in [2.24, 2.45) is 17.3 Å². The maximum absolute atomic E-state index is 11.7. The first kappa shape index (κ1) is 41.8. The minimum Gasteiger partial charge on any atom is -0.512 e. The second-order valence-corrected chi connectivity index (χ2v) is 22.2. The fourth-order valence-corrected chi connectivity index (χ4v) is 9.98. The number of nitrogens with zero attached hydrogens (tertiary/aromatic N) is 1. The summed E-state index contributed by atoms with van der Waals surface area (Å²) in [5.41, 5.74) is 6.13. The Hall–Kier alpha value is -2.63. The SMILES string of the molecule is CCC(CC)C(=O)/C=C(\O)C(CC)CC.Cc1cc(C)c2c(c1)nc(-c1[c-]c3ccccc3c([Si](C)(C)C)c1)c1sc(CC(C)(C)C)cc12.[Ir]. The molecule has 0 aliphatic rings. The molecule has 3 nitrogen and oxygen atoms in total. The third kappa shape index (κ3) is 9.82. The number of aryl methyl sites for hydroxylation is 2. The first-order valence-corrected chi connectivity index (χ1v) is 22.6. The second kappa shape index (κ2) is 17.3. The van der Waals surface area contributed by atoms with Crippen molar-refractivity contribution >= 4 is 62.1 Å². The van der Waals surface area contributed by atoms with Crippen LogP contribution in [-0.4, -0.2) is 23.9 Å². The van der Waals surface area contributed by atoms with Crippen LogP contribution in [-0.2, 0) is 31.3 Å². The number of hydrogen-bond acceptors (Lipinski definition) is 4. The monoisotopic (exact) mass is 885 g/mol. The third-order valence-electron chi connectivity index (χ3n) is 9.58. The summed E-state index contributed by atoms with van der Waals surface area (Å²) in [6, 6.07) is 21.9. The molecule has 5 rings (SSSR count). The third-order valence-corrected chi connectivity index (χ3v) is 12.8. The number of aliphatic hydroxyl groups is 1. The average Bonchev–Trinajstić information content (AvgIpc) is 3.42. The van der Waals surface area contributed by atoms with Crippen LogP contribution in [0.3, 0.4) is 0 Å². The topological polar surface area (TPSA) is 50.2 Å². The zero-order chi connectivity index (χ0) is 36.3. The number of aromatic nitrogens is 1. The fourth-order valence-electron chi connectivity index (χ4n) is 6.91. The first-order valence-electron chi connectivity index (χ1n) is 18.2. The van der Waals surface area contributed by atoms with Gasteiger partial charge in [0, 0.05) is 58.7 Å². The molecule has 271 valence electrons. The first-order chi connectivity index (χ1) is 23.0. The summed E-state index contributed by atoms with van der Waals surface area (Å²) in [7, 11) is -1.57. The minimum atomic E-state index is -1.57. The van der Waals surface area contributed by atoms with Crippen molar-refractivity contribution in [3.8, 4) is 11.3 Å². The number of carbonyl (C=O) groups is 1. The normalized spacial score (nSPS) is 12.5. The Labute approximate surface area is 320 Å². The second-order valence-electron chi connectivity index (χ2n) is 16.0. The molecule has 0 amide bonds. The smallest absolute Gasteiger partial charge is 0.162 e. The number of thiophene rings is 1. The van der Waals surface area contributed by atoms with Gasteiger partial charge in [-0.2, -0.15) is 0 Å². The Kier molecular flexibility index (Phi) is 14.4. The van der Waals surface area contributed by atoms with Crippen molar-refractivity contribution in [1.82, 2.24) is 4.98 Å². The summed E-state index contributed by atoms with van der Waals surface area (Å²) in [5.74, 6) is 0.547. The Morgan fingerprint density at radius 3 is 2.12 bits per heavy atom. The van der Waals surface area contributed by atoms with Crippen molar-refractivity contribution in [2.45, 2.75) is 114 Å². The predicted octanol–water partition coefficient (Wildman–Crippen LogP) is 12.7. The Morgan fingerprint density at radius 2 is 1.54 bits per heavy atom. The van der Waals surface area contributed by atoms with Crippen LogP contribution in [0.25, 0.3) is 43.0 Å². The van der Waals surface area contributed by atoms with Crippen molar-refractivity contribution < 1.29 is 30.0 Å². The molecule has 0 aliphatic heterocycles. The number of rotatable bonds is 10. The summed E-state index contributed by atoms with van der Waals surface area (Å²) in [6.45, 7) is 26.7. The van der Waals surface area contributed by atoms with Crippen LogP contribution in [0, 0.1) is 37.2 Å². The van der Waals surface area contributed by atoms with E-state index in [1.54, 1.807) is 0 Å². The van der Waals surface area contributed by atoms with Crippen LogP contribution < -0.4 is 5.19 Å². The summed E-state index contributed by atoms with van der Waals surface area (Å²) < 4.78 is 1.30. The van der Waals surface area contributed by atoms with Crippen LogP contribution in [0.15, 0.2) is 60.4 Å². The molecule has 6 heteroatoms. The number of benzene rings is 3. The van der Waals surface area contributed by atoms with Crippen LogP contribution in [0.4, 0.5) is 0 Å². The van der Waals surface area contributed by atoms with E-state index in [2.05, 4.69) is 109 Å². The van der Waals surface area contributed by atoms with E-state index in [-0.39, 0.29) is 48.9 Å². The number of aliphatic hydroxyl groups excluding tert-OH is 1. The van der Waals surface area contributed by atoms with Gasteiger partial charge in [0.15, 0.2) is 5.78 Å². The summed E-state index contributed by atoms with van der Waals surface area (Å²) in [5, 5.41) is 16.4. The van der Waals surface area contributed by atoms with Gasteiger partial charge in [0.1, 0.15) is 0 Å². The van der Waals surface area contributed by atoms with Crippen LogP contribution in [0.1, 0.15) is 90.2 Å². The van der Waals surface area contributed by atoms with Gasteiger partial charge in [-0.1, -0.05) is 103 Å². The quantitative estimate of drug-likeness (QED) is 0.0658. The van der Waals surface area contributed by atoms with Gasteiger partial charge in [0.05, 0.1) is 19.3 Å². The molecule has 0 saturated heterocycles. The van der Waals surface area contributed by atoms with E-state index in [9.17, 15) is 9.90 Å². The van der Waals surface area contributed by atoms with Crippen molar-refractivity contribution in [1.29, 1.82) is 0 Å². The summed E-state index contributed by atoms with van der Waals surface area (Å²) in [6.07, 6.45) is 5.98. The molecule has 0 saturated carbocycles. The number of fused-ring (bicyclic) bond motifs is 4. The fraction of sp³-hybridized carbons (Fsp3) is 0.455. The number of ketones is 1. The van der Waals surface area contributed by atoms with Gasteiger partial charge in [-0.25, -0.2) is 0 Å². The molecule has 0 fully saturated rings. The van der Waals surface area contributed by atoms with E-state index in [0.717, 1.165) is 48.9 Å². The van der Waals surface area contributed by atoms with Crippen molar-refractivity contribution in [3.05, 3.63) is 82.4 Å². The van der Waals surface area contributed by atoms with Gasteiger partial charge >= 0.3 is 0 Å². The molecule has 0 spiro atoms. The van der Waals surface area contributed by atoms with Crippen LogP contribution in [0.5, 0.6) is 0 Å². The zero-order valence-electron chi connectivity index (χ0n) is 32.4. The molecule has 0 unspecified atom stereocenters. The number of pyridine rings is 1. The molecule has 5 aromatic rings. The van der Waals surface area contributed by atoms with E-state index in [1.807, 2.05) is 39.0 Å². The molecule has 1 radical (unpaired) electrons. The van der Waals surface area contributed by atoms with Gasteiger partial charge in [-0.3, -0.25) is 9.78 Å². The predicted molar refractivity (Wildman–Crippen MR) is 218 cm³/mol. The minimum absolute atomic E-state index is 0. The molecule has 0 atom stereocenters. The van der Waals surface area contributed by atoms with E-state index in [4.69, 9.17) is 4.98 Å². The molecule has 2 heterocycles. The number of allylic oxidation sites excluding steroid dienone is 2. The van der Waals surface area contributed by atoms with E-state index >= 15 is 0 Å². The average molecular weight is 885 g/mol. The molecule has 50 heavy (non-hydrogen) atoms.